The highest BCUT2D eigenvalue weighted by atomic mass is 35.5. The maximum atomic E-state index is 13.6. The zero-order chi connectivity index (χ0) is 17.1. The minimum atomic E-state index is -0.338. The molecule has 0 bridgehead atoms. The summed E-state index contributed by atoms with van der Waals surface area (Å²) < 4.78 is 23.0. The van der Waals surface area contributed by atoms with Gasteiger partial charge in [-0.1, -0.05) is 43.1 Å². The Morgan fingerprint density at radius 3 is 2.35 bits per heavy atom. The summed E-state index contributed by atoms with van der Waals surface area (Å²) in [5.74, 6) is 0.384. The molecule has 0 aromatic heterocycles. The van der Waals surface area contributed by atoms with E-state index in [1.54, 1.807) is 12.1 Å². The van der Waals surface area contributed by atoms with E-state index in [4.69, 9.17) is 21.1 Å². The lowest BCUT2D eigenvalue weighted by atomic mass is 10.1. The third-order valence-corrected chi connectivity index (χ3v) is 3.36. The highest BCUT2D eigenvalue weighted by Crippen LogP contribution is 2.21. The fourth-order valence-electron chi connectivity index (χ4n) is 1.87. The van der Waals surface area contributed by atoms with Crippen molar-refractivity contribution >= 4 is 18.1 Å². The topological polar surface area (TPSA) is 35.5 Å². The molecule has 2 rings (SSSR count). The van der Waals surface area contributed by atoms with Crippen LogP contribution in [0, 0.1) is 5.82 Å². The number of methoxy groups -OCH3 is 1. The van der Waals surface area contributed by atoms with Crippen LogP contribution in [0.5, 0.6) is 5.75 Å². The van der Waals surface area contributed by atoms with Gasteiger partial charge in [0.1, 0.15) is 18.2 Å². The van der Waals surface area contributed by atoms with Gasteiger partial charge in [-0.2, -0.15) is 0 Å². The van der Waals surface area contributed by atoms with Gasteiger partial charge in [0.2, 0.25) is 0 Å². The van der Waals surface area contributed by atoms with Crippen LogP contribution in [0.4, 0.5) is 4.39 Å². The van der Waals surface area contributed by atoms with Crippen LogP contribution in [0.2, 0.25) is 5.02 Å². The van der Waals surface area contributed by atoms with Crippen LogP contribution in [0.1, 0.15) is 24.5 Å². The molecular formula is C18H20ClFO3. The molecule has 0 fully saturated rings. The maximum Gasteiger partial charge on any atom is 0.292 e. The van der Waals surface area contributed by atoms with Gasteiger partial charge in [0.05, 0.1) is 12.1 Å². The molecule has 2 aromatic carbocycles. The molecule has 0 N–H and O–H groups in total. The molecule has 0 amide bonds. The Morgan fingerprint density at radius 1 is 1.17 bits per heavy atom. The third kappa shape index (κ3) is 6.70. The summed E-state index contributed by atoms with van der Waals surface area (Å²) in [6.45, 7) is 2.66. The largest absolute Gasteiger partial charge is 0.489 e. The van der Waals surface area contributed by atoms with Gasteiger partial charge in [-0.15, -0.1) is 0 Å². The van der Waals surface area contributed by atoms with Crippen LogP contribution in [0.15, 0.2) is 42.5 Å². The maximum absolute atomic E-state index is 13.6. The molecule has 0 heterocycles. The highest BCUT2D eigenvalue weighted by Gasteiger charge is 2.07. The Balaban J connectivity index is 0.000000593. The first kappa shape index (κ1) is 19.0. The fourth-order valence-corrected chi connectivity index (χ4v) is 2.08. The second-order valence-electron chi connectivity index (χ2n) is 4.71. The second kappa shape index (κ2) is 10.6. The van der Waals surface area contributed by atoms with Crippen molar-refractivity contribution in [2.75, 3.05) is 7.11 Å². The van der Waals surface area contributed by atoms with Crippen LogP contribution in [-0.2, 0) is 22.6 Å². The van der Waals surface area contributed by atoms with Gasteiger partial charge in [0.25, 0.3) is 6.47 Å². The molecule has 0 saturated carbocycles. The summed E-state index contributed by atoms with van der Waals surface area (Å²) in [5.41, 5.74) is 1.67. The van der Waals surface area contributed by atoms with Crippen molar-refractivity contribution in [1.29, 1.82) is 0 Å². The minimum absolute atomic E-state index is 0.138. The standard InChI is InChI=1S/C16H16ClFO.C2H4O2/c1-2-4-12-7-9-13(10-8-12)19-11-14-15(17)5-3-6-16(14)18;1-4-2-3/h3,5-10H,2,4,11H2,1H3;2H,1H3. The van der Waals surface area contributed by atoms with Crippen LogP contribution in [0.25, 0.3) is 0 Å². The molecule has 2 aromatic rings. The summed E-state index contributed by atoms with van der Waals surface area (Å²) in [6, 6.07) is 12.5. The molecule has 0 spiro atoms. The van der Waals surface area contributed by atoms with E-state index >= 15 is 0 Å². The van der Waals surface area contributed by atoms with Crippen LogP contribution < -0.4 is 4.74 Å². The number of carbonyl (C=O) groups excluding carboxylic acids is 1. The molecule has 0 aliphatic rings. The molecular weight excluding hydrogens is 319 g/mol. The van der Waals surface area contributed by atoms with E-state index in [1.165, 1.54) is 18.7 Å². The minimum Gasteiger partial charge on any atom is -0.489 e. The predicted octanol–water partition coefficient (Wildman–Crippen LogP) is 4.80. The van der Waals surface area contributed by atoms with E-state index in [-0.39, 0.29) is 12.4 Å². The summed E-state index contributed by atoms with van der Waals surface area (Å²) in [5, 5.41) is 0.391. The number of aryl methyl sites for hydroxylation is 1. The molecule has 23 heavy (non-hydrogen) atoms. The normalized spacial score (nSPS) is 9.57. The lowest BCUT2D eigenvalue weighted by molar-refractivity contribution is -0.126. The molecule has 0 radical (unpaired) electrons. The summed E-state index contributed by atoms with van der Waals surface area (Å²) in [7, 11) is 1.31. The molecule has 124 valence electrons. The van der Waals surface area contributed by atoms with Crippen molar-refractivity contribution in [2.45, 2.75) is 26.4 Å². The van der Waals surface area contributed by atoms with Crippen LogP contribution in [0.3, 0.4) is 0 Å². The van der Waals surface area contributed by atoms with Crippen LogP contribution >= 0.6 is 11.6 Å². The van der Waals surface area contributed by atoms with Crippen molar-refractivity contribution in [2.24, 2.45) is 0 Å². The number of halogens is 2. The van der Waals surface area contributed by atoms with Crippen molar-refractivity contribution in [3.05, 3.63) is 64.4 Å². The first-order chi connectivity index (χ1) is 11.1. The quantitative estimate of drug-likeness (QED) is 0.710. The van der Waals surface area contributed by atoms with E-state index in [0.29, 0.717) is 17.1 Å². The summed E-state index contributed by atoms with van der Waals surface area (Å²) >= 11 is 5.94. The number of benzene rings is 2. The summed E-state index contributed by atoms with van der Waals surface area (Å²) in [6.07, 6.45) is 2.17. The van der Waals surface area contributed by atoms with E-state index < -0.39 is 0 Å². The SMILES string of the molecule is CCCc1ccc(OCc2c(F)cccc2Cl)cc1.COC=O. The number of hydrogen-bond acceptors (Lipinski definition) is 3. The Hall–Kier alpha value is -2.07. The average molecular weight is 339 g/mol. The van der Waals surface area contributed by atoms with Gasteiger partial charge in [-0.25, -0.2) is 4.39 Å². The number of carbonyl (C=O) groups is 1. The zero-order valence-electron chi connectivity index (χ0n) is 13.2. The Labute approximate surface area is 141 Å². The first-order valence-corrected chi connectivity index (χ1v) is 7.61. The van der Waals surface area contributed by atoms with E-state index in [9.17, 15) is 4.39 Å². The van der Waals surface area contributed by atoms with E-state index in [1.807, 2.05) is 24.3 Å². The highest BCUT2D eigenvalue weighted by molar-refractivity contribution is 6.31. The molecule has 0 atom stereocenters. The van der Waals surface area contributed by atoms with E-state index in [0.717, 1.165) is 18.6 Å². The lowest BCUT2D eigenvalue weighted by Gasteiger charge is -2.09. The monoisotopic (exact) mass is 338 g/mol. The van der Waals surface area contributed by atoms with Crippen molar-refractivity contribution < 1.29 is 18.7 Å². The van der Waals surface area contributed by atoms with Crippen LogP contribution in [-0.4, -0.2) is 13.6 Å². The first-order valence-electron chi connectivity index (χ1n) is 7.23. The second-order valence-corrected chi connectivity index (χ2v) is 5.12. The number of ether oxygens (including phenoxy) is 2. The van der Waals surface area contributed by atoms with Gasteiger partial charge < -0.3 is 9.47 Å². The Bertz CT molecular complexity index is 579. The molecule has 0 aliphatic carbocycles. The number of rotatable bonds is 6. The molecule has 3 nitrogen and oxygen atoms in total. The lowest BCUT2D eigenvalue weighted by Crippen LogP contribution is -1.99. The molecule has 5 heteroatoms. The smallest absolute Gasteiger partial charge is 0.292 e. The predicted molar refractivity (Wildman–Crippen MR) is 89.3 cm³/mol. The zero-order valence-corrected chi connectivity index (χ0v) is 14.0. The van der Waals surface area contributed by atoms with Crippen molar-refractivity contribution in [1.82, 2.24) is 0 Å². The average Bonchev–Trinajstić information content (AvgIpc) is 2.56. The van der Waals surface area contributed by atoms with Gasteiger partial charge >= 0.3 is 0 Å². The van der Waals surface area contributed by atoms with Crippen molar-refractivity contribution in [3.8, 4) is 5.75 Å². The van der Waals surface area contributed by atoms with Gasteiger partial charge in [0.15, 0.2) is 0 Å². The summed E-state index contributed by atoms with van der Waals surface area (Å²) in [4.78, 5) is 8.95. The molecule has 0 saturated heterocycles. The van der Waals surface area contributed by atoms with Gasteiger partial charge in [0, 0.05) is 5.56 Å². The third-order valence-electron chi connectivity index (χ3n) is 3.00. The van der Waals surface area contributed by atoms with Crippen molar-refractivity contribution in [3.63, 3.8) is 0 Å². The van der Waals surface area contributed by atoms with E-state index in [2.05, 4.69) is 11.7 Å². The molecule has 0 aliphatic heterocycles. The fraction of sp³-hybridized carbons (Fsp3) is 0.278. The molecule has 0 unspecified atom stereocenters. The van der Waals surface area contributed by atoms with Gasteiger partial charge in [-0.05, 0) is 36.2 Å². The van der Waals surface area contributed by atoms with Gasteiger partial charge in [-0.3, -0.25) is 4.79 Å². The Morgan fingerprint density at radius 2 is 1.83 bits per heavy atom. The number of hydrogen-bond donors (Lipinski definition) is 0. The Kier molecular flexibility index (Phi) is 8.76.